The molecule has 0 aliphatic carbocycles. The number of nitrogens with zero attached hydrogens (tertiary/aromatic N) is 1. The predicted molar refractivity (Wildman–Crippen MR) is 144 cm³/mol. The van der Waals surface area contributed by atoms with Gasteiger partial charge in [0.15, 0.2) is 18.9 Å². The second kappa shape index (κ2) is 16.7. The number of hydrogen-bond acceptors (Lipinski definition) is 20. The van der Waals surface area contributed by atoms with Gasteiger partial charge in [0.25, 0.3) is 0 Å². The molecule has 3 aliphatic heterocycles. The van der Waals surface area contributed by atoms with Crippen molar-refractivity contribution in [3.63, 3.8) is 0 Å². The zero-order valence-corrected chi connectivity index (χ0v) is 24.5. The lowest BCUT2D eigenvalue weighted by molar-refractivity contribution is -0.347. The maximum atomic E-state index is 12.7. The molecule has 0 spiro atoms. The van der Waals surface area contributed by atoms with E-state index in [1.807, 2.05) is 0 Å². The number of carbonyl (C=O) groups is 2. The Hall–Kier alpha value is -1.99. The molecule has 0 amide bonds. The van der Waals surface area contributed by atoms with E-state index in [4.69, 9.17) is 44.6 Å². The number of aliphatic hydroxyl groups excluding tert-OH is 8. The zero-order valence-electron chi connectivity index (χ0n) is 24.5. The highest BCUT2D eigenvalue weighted by atomic mass is 16.7. The van der Waals surface area contributed by atoms with Crippen LogP contribution in [0.25, 0.3) is 0 Å². The van der Waals surface area contributed by atoms with Gasteiger partial charge in [0.2, 0.25) is 5.71 Å². The van der Waals surface area contributed by atoms with E-state index in [1.165, 1.54) is 13.8 Å². The Morgan fingerprint density at radius 3 is 1.69 bits per heavy atom. The van der Waals surface area contributed by atoms with Gasteiger partial charge in [-0.1, -0.05) is 0 Å². The molecule has 260 valence electrons. The van der Waals surface area contributed by atoms with Crippen LogP contribution in [0.3, 0.4) is 0 Å². The molecule has 15 atom stereocenters. The molecule has 0 aromatic carbocycles. The average Bonchev–Trinajstić information content (AvgIpc) is 3.01. The number of aliphatic imine (C=N–C) groups is 1. The van der Waals surface area contributed by atoms with E-state index in [0.29, 0.717) is 0 Å². The van der Waals surface area contributed by atoms with E-state index in [9.17, 15) is 50.4 Å². The molecule has 0 bridgehead atoms. The topological polar surface area (TPSA) is 325 Å². The standard InChI is InChI=1S/C25H43N3O17/c1-3-39-22(37)14(23(38)40-4-2)28-13-18(35)20(44-24-12(27)16(33)15(32)8(5-29)42-24)10(7-31)43-25(13)45-19-9(6-30)41-21(36)11(26)17(19)34/h8-13,15-21,24-25,29-36H,3-7,26-27H2,1-2H3/t8-,9-,10-,11-,12-,13-,15-,16-,17-,18-,19?,20?,21-,24+,25+/m1/s1. The van der Waals surface area contributed by atoms with Crippen molar-refractivity contribution in [1.29, 1.82) is 0 Å². The van der Waals surface area contributed by atoms with Crippen molar-refractivity contribution in [3.8, 4) is 0 Å². The highest BCUT2D eigenvalue weighted by Gasteiger charge is 2.53. The van der Waals surface area contributed by atoms with Gasteiger partial charge in [0, 0.05) is 0 Å². The fourth-order valence-electron chi connectivity index (χ4n) is 5.01. The summed E-state index contributed by atoms with van der Waals surface area (Å²) in [6.07, 6.45) is -19.5. The van der Waals surface area contributed by atoms with Crippen molar-refractivity contribution in [2.75, 3.05) is 33.0 Å². The van der Waals surface area contributed by atoms with E-state index < -0.39 is 129 Å². The van der Waals surface area contributed by atoms with E-state index >= 15 is 0 Å². The molecule has 3 rings (SSSR count). The van der Waals surface area contributed by atoms with Crippen LogP contribution in [-0.4, -0.2) is 183 Å². The summed E-state index contributed by atoms with van der Waals surface area (Å²) in [5, 5.41) is 82.3. The van der Waals surface area contributed by atoms with Crippen LogP contribution in [0.5, 0.6) is 0 Å². The Bertz CT molecular complexity index is 984. The molecule has 45 heavy (non-hydrogen) atoms. The number of hydrogen-bond donors (Lipinski definition) is 10. The third-order valence-electron chi connectivity index (χ3n) is 7.47. The minimum absolute atomic E-state index is 0.180. The van der Waals surface area contributed by atoms with Gasteiger partial charge in [-0.15, -0.1) is 0 Å². The lowest BCUT2D eigenvalue weighted by atomic mass is 9.94. The number of rotatable bonds is 12. The fourth-order valence-corrected chi connectivity index (χ4v) is 5.01. The first kappa shape index (κ1) is 37.5. The maximum Gasteiger partial charge on any atom is 0.364 e. The maximum absolute atomic E-state index is 12.7. The first-order valence-corrected chi connectivity index (χ1v) is 14.3. The van der Waals surface area contributed by atoms with Gasteiger partial charge in [-0.25, -0.2) is 9.59 Å². The van der Waals surface area contributed by atoms with Gasteiger partial charge in [-0.2, -0.15) is 0 Å². The molecule has 3 heterocycles. The van der Waals surface area contributed by atoms with Gasteiger partial charge in [-0.05, 0) is 13.8 Å². The summed E-state index contributed by atoms with van der Waals surface area (Å²) in [6.45, 7) is 0.131. The van der Waals surface area contributed by atoms with Crippen LogP contribution in [0.1, 0.15) is 13.8 Å². The Kier molecular flexibility index (Phi) is 13.9. The fraction of sp³-hybridized carbons (Fsp3) is 0.880. The van der Waals surface area contributed by atoms with Crippen molar-refractivity contribution in [2.24, 2.45) is 16.5 Å². The van der Waals surface area contributed by atoms with Gasteiger partial charge in [0.05, 0.1) is 45.1 Å². The van der Waals surface area contributed by atoms with Gasteiger partial charge >= 0.3 is 11.9 Å². The lowest BCUT2D eigenvalue weighted by Crippen LogP contribution is -2.68. The summed E-state index contributed by atoms with van der Waals surface area (Å²) < 4.78 is 37.9. The van der Waals surface area contributed by atoms with E-state index in [1.54, 1.807) is 0 Å². The van der Waals surface area contributed by atoms with Crippen molar-refractivity contribution < 1.29 is 83.6 Å². The molecule has 3 fully saturated rings. The zero-order chi connectivity index (χ0) is 33.6. The first-order valence-electron chi connectivity index (χ1n) is 14.3. The molecule has 0 aromatic heterocycles. The molecule has 3 saturated heterocycles. The highest BCUT2D eigenvalue weighted by molar-refractivity contribution is 6.62. The molecular weight excluding hydrogens is 614 g/mol. The molecule has 0 radical (unpaired) electrons. The summed E-state index contributed by atoms with van der Waals surface area (Å²) in [7, 11) is 0. The number of esters is 2. The molecular formula is C25H43N3O17. The van der Waals surface area contributed by atoms with Crippen molar-refractivity contribution in [3.05, 3.63) is 0 Å². The van der Waals surface area contributed by atoms with Gasteiger partial charge < -0.3 is 85.5 Å². The largest absolute Gasteiger partial charge is 0.461 e. The van der Waals surface area contributed by atoms with Gasteiger partial charge in [0.1, 0.15) is 61.0 Å². The van der Waals surface area contributed by atoms with E-state index in [-0.39, 0.29) is 13.2 Å². The molecule has 0 aromatic rings. The SMILES string of the molecule is CCOC(=O)C(=N[C@H]1[C@H](OC2[C@@H](CO)O[C@@H](O)[C@H](N)[C@H]2O)O[C@H](CO)C(O[C@@H]2O[C@H](CO)[C@@H](O)[C@H](O)[C@H]2N)[C@@H]1O)C(=O)OCC. The van der Waals surface area contributed by atoms with Crippen LogP contribution in [0.15, 0.2) is 4.99 Å². The Morgan fingerprint density at radius 1 is 0.667 bits per heavy atom. The Morgan fingerprint density at radius 2 is 1.16 bits per heavy atom. The highest BCUT2D eigenvalue weighted by Crippen LogP contribution is 2.33. The van der Waals surface area contributed by atoms with Crippen molar-refractivity contribution >= 4 is 17.7 Å². The Balaban J connectivity index is 2.04. The molecule has 0 saturated carbocycles. The van der Waals surface area contributed by atoms with Crippen molar-refractivity contribution in [2.45, 2.75) is 106 Å². The normalized spacial score (nSPS) is 42.1. The van der Waals surface area contributed by atoms with Crippen LogP contribution >= 0.6 is 0 Å². The second-order valence-electron chi connectivity index (χ2n) is 10.4. The minimum Gasteiger partial charge on any atom is -0.461 e. The molecule has 2 unspecified atom stereocenters. The van der Waals surface area contributed by atoms with E-state index in [0.717, 1.165) is 0 Å². The molecule has 3 aliphatic rings. The van der Waals surface area contributed by atoms with Crippen molar-refractivity contribution in [1.82, 2.24) is 0 Å². The number of ether oxygens (including phenoxy) is 7. The third kappa shape index (κ3) is 8.30. The van der Waals surface area contributed by atoms with Gasteiger partial charge in [-0.3, -0.25) is 4.99 Å². The number of carbonyl (C=O) groups excluding carboxylic acids is 2. The predicted octanol–water partition coefficient (Wildman–Crippen LogP) is -7.07. The van der Waals surface area contributed by atoms with Crippen LogP contribution in [0.4, 0.5) is 0 Å². The molecule has 20 nitrogen and oxygen atoms in total. The minimum atomic E-state index is -1.96. The van der Waals surface area contributed by atoms with Crippen LogP contribution in [0, 0.1) is 0 Å². The lowest BCUT2D eigenvalue weighted by Gasteiger charge is -2.48. The summed E-state index contributed by atoms with van der Waals surface area (Å²) in [6, 6.07) is -4.69. The third-order valence-corrected chi connectivity index (χ3v) is 7.47. The first-order chi connectivity index (χ1) is 21.3. The number of aliphatic hydroxyl groups is 8. The monoisotopic (exact) mass is 657 g/mol. The summed E-state index contributed by atoms with van der Waals surface area (Å²) in [4.78, 5) is 29.5. The van der Waals surface area contributed by atoms with Crippen LogP contribution in [0.2, 0.25) is 0 Å². The Labute approximate surface area is 257 Å². The summed E-state index contributed by atoms with van der Waals surface area (Å²) in [5.41, 5.74) is 10.8. The number of nitrogens with two attached hydrogens (primary N) is 2. The average molecular weight is 658 g/mol. The van der Waals surface area contributed by atoms with Crippen LogP contribution < -0.4 is 11.5 Å². The smallest absolute Gasteiger partial charge is 0.364 e. The van der Waals surface area contributed by atoms with Crippen LogP contribution in [-0.2, 0) is 42.7 Å². The quantitative estimate of drug-likeness (QED) is 0.0529. The van der Waals surface area contributed by atoms with E-state index in [2.05, 4.69) is 4.99 Å². The molecule has 12 N–H and O–H groups in total. The summed E-state index contributed by atoms with van der Waals surface area (Å²) >= 11 is 0. The summed E-state index contributed by atoms with van der Waals surface area (Å²) in [5.74, 6) is -2.49. The second-order valence-corrected chi connectivity index (χ2v) is 10.4. The molecule has 20 heteroatoms.